The first-order valence-electron chi connectivity index (χ1n) is 11.2. The van der Waals surface area contributed by atoms with Crippen LogP contribution in [0.25, 0.3) is 11.0 Å². The van der Waals surface area contributed by atoms with Crippen LogP contribution in [0.5, 0.6) is 0 Å². The lowest BCUT2D eigenvalue weighted by atomic mass is 9.95. The molecule has 3 aromatic carbocycles. The van der Waals surface area contributed by atoms with Crippen LogP contribution >= 0.6 is 11.6 Å². The standard InChI is InChI=1S/C28H23ClFNO3/c1-15(2)18-6-8-19(9-7-18)25-24-26(32)21-13-22(29)16(3)12-23(21)34-27(24)28(33)31(25)14-17-4-10-20(30)11-5-17/h4-13,15,25H,14H2,1-3H3. The van der Waals surface area contributed by atoms with E-state index in [1.807, 2.05) is 31.2 Å². The second-order valence-electron chi connectivity index (χ2n) is 9.05. The molecule has 1 aliphatic heterocycles. The number of hydrogen-bond donors (Lipinski definition) is 0. The zero-order valence-electron chi connectivity index (χ0n) is 19.1. The number of halogens is 2. The lowest BCUT2D eigenvalue weighted by Crippen LogP contribution is -2.29. The third-order valence-electron chi connectivity index (χ3n) is 6.43. The van der Waals surface area contributed by atoms with Crippen LogP contribution in [0.1, 0.15) is 64.2 Å². The average molecular weight is 476 g/mol. The summed E-state index contributed by atoms with van der Waals surface area (Å²) < 4.78 is 19.5. The molecule has 0 radical (unpaired) electrons. The Morgan fingerprint density at radius 2 is 1.71 bits per heavy atom. The van der Waals surface area contributed by atoms with Crippen LogP contribution in [0.2, 0.25) is 5.02 Å². The van der Waals surface area contributed by atoms with E-state index in [0.717, 1.165) is 22.3 Å². The molecule has 2 heterocycles. The minimum atomic E-state index is -0.630. The van der Waals surface area contributed by atoms with E-state index in [1.165, 1.54) is 12.1 Å². The van der Waals surface area contributed by atoms with E-state index in [0.29, 0.717) is 27.5 Å². The highest BCUT2D eigenvalue weighted by Crippen LogP contribution is 2.40. The van der Waals surface area contributed by atoms with Gasteiger partial charge < -0.3 is 9.32 Å². The fourth-order valence-electron chi connectivity index (χ4n) is 4.50. The minimum Gasteiger partial charge on any atom is -0.450 e. The Balaban J connectivity index is 1.71. The van der Waals surface area contributed by atoms with Gasteiger partial charge in [-0.15, -0.1) is 0 Å². The van der Waals surface area contributed by atoms with Crippen molar-refractivity contribution in [3.63, 3.8) is 0 Å². The molecule has 1 aliphatic rings. The highest BCUT2D eigenvalue weighted by atomic mass is 35.5. The number of hydrogen-bond acceptors (Lipinski definition) is 3. The first-order valence-corrected chi connectivity index (χ1v) is 11.5. The van der Waals surface area contributed by atoms with Gasteiger partial charge in [-0.2, -0.15) is 0 Å². The predicted molar refractivity (Wildman–Crippen MR) is 131 cm³/mol. The van der Waals surface area contributed by atoms with Crippen LogP contribution in [0.15, 0.2) is 69.9 Å². The van der Waals surface area contributed by atoms with Crippen molar-refractivity contribution < 1.29 is 13.6 Å². The molecule has 4 nitrogen and oxygen atoms in total. The van der Waals surface area contributed by atoms with Gasteiger partial charge in [0.2, 0.25) is 5.76 Å². The quantitative estimate of drug-likeness (QED) is 0.327. The summed E-state index contributed by atoms with van der Waals surface area (Å²) in [5, 5.41) is 0.805. The molecule has 0 N–H and O–H groups in total. The van der Waals surface area contributed by atoms with E-state index in [2.05, 4.69) is 13.8 Å². The number of carbonyl (C=O) groups is 1. The number of nitrogens with zero attached hydrogens (tertiary/aromatic N) is 1. The van der Waals surface area contributed by atoms with Crippen LogP contribution in [-0.2, 0) is 6.54 Å². The average Bonchev–Trinajstić information content (AvgIpc) is 3.08. The maximum absolute atomic E-state index is 13.7. The lowest BCUT2D eigenvalue weighted by molar-refractivity contribution is 0.0714. The SMILES string of the molecule is Cc1cc2oc3c(c(=O)c2cc1Cl)C(c1ccc(C(C)C)cc1)N(Cc1ccc(F)cc1)C3=O. The summed E-state index contributed by atoms with van der Waals surface area (Å²) in [5.41, 5.74) is 3.84. The maximum Gasteiger partial charge on any atom is 0.291 e. The van der Waals surface area contributed by atoms with E-state index in [9.17, 15) is 14.0 Å². The van der Waals surface area contributed by atoms with Crippen molar-refractivity contribution in [2.75, 3.05) is 0 Å². The molecule has 6 heteroatoms. The van der Waals surface area contributed by atoms with Gasteiger partial charge in [0.1, 0.15) is 11.4 Å². The van der Waals surface area contributed by atoms with Gasteiger partial charge in [0, 0.05) is 11.6 Å². The highest BCUT2D eigenvalue weighted by molar-refractivity contribution is 6.32. The second-order valence-corrected chi connectivity index (χ2v) is 9.46. The predicted octanol–water partition coefficient (Wildman–Crippen LogP) is 6.76. The van der Waals surface area contributed by atoms with Crippen molar-refractivity contribution in [1.29, 1.82) is 0 Å². The second kappa shape index (κ2) is 8.41. The first kappa shape index (κ1) is 22.4. The Kier molecular flexibility index (Phi) is 5.53. The molecule has 1 atom stereocenters. The molecule has 4 aromatic rings. The van der Waals surface area contributed by atoms with E-state index in [4.69, 9.17) is 16.0 Å². The van der Waals surface area contributed by atoms with Crippen LogP contribution < -0.4 is 5.43 Å². The third kappa shape index (κ3) is 3.70. The van der Waals surface area contributed by atoms with Crippen molar-refractivity contribution >= 4 is 28.5 Å². The molecule has 1 unspecified atom stereocenters. The number of rotatable bonds is 4. The Morgan fingerprint density at radius 1 is 1.03 bits per heavy atom. The Labute approximate surface area is 201 Å². The fraction of sp³-hybridized carbons (Fsp3) is 0.214. The largest absolute Gasteiger partial charge is 0.450 e. The third-order valence-corrected chi connectivity index (χ3v) is 6.84. The fourth-order valence-corrected chi connectivity index (χ4v) is 4.66. The summed E-state index contributed by atoms with van der Waals surface area (Å²) in [7, 11) is 0. The molecule has 0 spiro atoms. The molecule has 0 aliphatic carbocycles. The van der Waals surface area contributed by atoms with Gasteiger partial charge in [-0.05, 0) is 59.4 Å². The van der Waals surface area contributed by atoms with Gasteiger partial charge in [0.05, 0.1) is 17.0 Å². The van der Waals surface area contributed by atoms with Gasteiger partial charge in [-0.3, -0.25) is 9.59 Å². The molecule has 0 saturated heterocycles. The molecule has 1 amide bonds. The number of benzene rings is 3. The van der Waals surface area contributed by atoms with Crippen molar-refractivity contribution in [3.8, 4) is 0 Å². The van der Waals surface area contributed by atoms with E-state index >= 15 is 0 Å². The molecule has 5 rings (SSSR count). The smallest absolute Gasteiger partial charge is 0.291 e. The van der Waals surface area contributed by atoms with E-state index in [-0.39, 0.29) is 29.5 Å². The molecule has 0 saturated carbocycles. The van der Waals surface area contributed by atoms with Gasteiger partial charge in [-0.1, -0.05) is 61.8 Å². The van der Waals surface area contributed by atoms with Gasteiger partial charge in [0.15, 0.2) is 5.43 Å². The summed E-state index contributed by atoms with van der Waals surface area (Å²) in [6.45, 7) is 6.24. The highest BCUT2D eigenvalue weighted by Gasteiger charge is 2.42. The summed E-state index contributed by atoms with van der Waals surface area (Å²) in [6.07, 6.45) is 0. The topological polar surface area (TPSA) is 50.5 Å². The number of amides is 1. The lowest BCUT2D eigenvalue weighted by Gasteiger charge is -2.25. The minimum absolute atomic E-state index is 0.0410. The van der Waals surface area contributed by atoms with Crippen molar-refractivity contribution in [2.45, 2.75) is 39.3 Å². The zero-order chi connectivity index (χ0) is 24.1. The monoisotopic (exact) mass is 475 g/mol. The Morgan fingerprint density at radius 3 is 2.35 bits per heavy atom. The van der Waals surface area contributed by atoms with Crippen molar-refractivity contribution in [2.24, 2.45) is 0 Å². The number of aryl methyl sites for hydroxylation is 1. The van der Waals surface area contributed by atoms with Crippen LogP contribution in [0.3, 0.4) is 0 Å². The molecular weight excluding hydrogens is 453 g/mol. The van der Waals surface area contributed by atoms with Crippen LogP contribution in [-0.4, -0.2) is 10.8 Å². The Hall–Kier alpha value is -3.44. The summed E-state index contributed by atoms with van der Waals surface area (Å²) in [5.74, 6) is -0.333. The van der Waals surface area contributed by atoms with Crippen molar-refractivity contribution in [1.82, 2.24) is 4.90 Å². The summed E-state index contributed by atoms with van der Waals surface area (Å²) in [6, 6.07) is 16.6. The van der Waals surface area contributed by atoms with E-state index < -0.39 is 6.04 Å². The van der Waals surface area contributed by atoms with E-state index in [1.54, 1.807) is 29.2 Å². The normalized spacial score (nSPS) is 15.4. The molecule has 172 valence electrons. The van der Waals surface area contributed by atoms with Gasteiger partial charge >= 0.3 is 0 Å². The number of carbonyl (C=O) groups excluding carboxylic acids is 1. The van der Waals surface area contributed by atoms with Gasteiger partial charge in [0.25, 0.3) is 5.91 Å². The molecule has 0 fully saturated rings. The molecule has 0 bridgehead atoms. The molecular formula is C28H23ClFNO3. The van der Waals surface area contributed by atoms with Gasteiger partial charge in [-0.25, -0.2) is 4.39 Å². The van der Waals surface area contributed by atoms with Crippen LogP contribution in [0, 0.1) is 12.7 Å². The first-order chi connectivity index (χ1) is 16.2. The number of fused-ring (bicyclic) bond motifs is 2. The summed E-state index contributed by atoms with van der Waals surface area (Å²) >= 11 is 6.30. The van der Waals surface area contributed by atoms with Crippen LogP contribution in [0.4, 0.5) is 4.39 Å². The summed E-state index contributed by atoms with van der Waals surface area (Å²) in [4.78, 5) is 28.9. The zero-order valence-corrected chi connectivity index (χ0v) is 19.8. The Bertz CT molecular complexity index is 1470. The van der Waals surface area contributed by atoms with Crippen molar-refractivity contribution in [3.05, 3.63) is 115 Å². The molecule has 1 aromatic heterocycles. The maximum atomic E-state index is 13.7. The molecule has 34 heavy (non-hydrogen) atoms.